The van der Waals surface area contributed by atoms with Crippen LogP contribution in [0.5, 0.6) is 0 Å². The monoisotopic (exact) mass is 229 g/mol. The van der Waals surface area contributed by atoms with Gasteiger partial charge in [-0.3, -0.25) is 4.79 Å². The van der Waals surface area contributed by atoms with Crippen molar-refractivity contribution >= 4 is 5.91 Å². The van der Waals surface area contributed by atoms with Crippen LogP contribution >= 0.6 is 0 Å². The molecule has 5 heteroatoms. The number of carbonyl (C=O) groups excluding carboxylic acids is 1. The molecule has 0 aromatic rings. The number of rotatable bonds is 2. The number of carbonyl (C=O) groups is 1. The van der Waals surface area contributed by atoms with Crippen molar-refractivity contribution in [3.8, 4) is 0 Å². The van der Waals surface area contributed by atoms with Gasteiger partial charge in [0.15, 0.2) is 0 Å². The molecule has 5 nitrogen and oxygen atoms in total. The molecule has 1 amide bonds. The maximum atomic E-state index is 12.2. The third kappa shape index (κ3) is 2.53. The molecule has 92 valence electrons. The van der Waals surface area contributed by atoms with Gasteiger partial charge in [-0.2, -0.15) is 0 Å². The first-order valence-electron chi connectivity index (χ1n) is 5.89. The van der Waals surface area contributed by atoms with Crippen molar-refractivity contribution in [1.29, 1.82) is 0 Å². The van der Waals surface area contributed by atoms with E-state index in [1.165, 1.54) is 0 Å². The normalized spacial score (nSPS) is 31.4. The first-order valence-corrected chi connectivity index (χ1v) is 5.89. The van der Waals surface area contributed by atoms with Crippen LogP contribution in [0.2, 0.25) is 0 Å². The standard InChI is InChI=1S/C11H19NO4/c13-6-10-8-16-5-3-12(10)11(14)9-2-1-4-15-7-9/h9-10,13H,1-8H2. The number of amides is 1. The Kier molecular flexibility index (Phi) is 4.15. The second-order valence-electron chi connectivity index (χ2n) is 4.36. The van der Waals surface area contributed by atoms with Crippen molar-refractivity contribution in [2.75, 3.05) is 39.6 Å². The van der Waals surface area contributed by atoms with Crippen LogP contribution in [-0.2, 0) is 14.3 Å². The summed E-state index contributed by atoms with van der Waals surface area (Å²) in [5.41, 5.74) is 0. The third-order valence-electron chi connectivity index (χ3n) is 3.23. The molecule has 16 heavy (non-hydrogen) atoms. The molecule has 0 radical (unpaired) electrons. The fourth-order valence-electron chi connectivity index (χ4n) is 2.27. The van der Waals surface area contributed by atoms with Gasteiger partial charge >= 0.3 is 0 Å². The van der Waals surface area contributed by atoms with Crippen LogP contribution in [0.4, 0.5) is 0 Å². The summed E-state index contributed by atoms with van der Waals surface area (Å²) in [6, 6.07) is -0.178. The SMILES string of the molecule is O=C(C1CCCOC1)N1CCOCC1CO. The molecule has 0 aromatic heterocycles. The van der Waals surface area contributed by atoms with E-state index in [9.17, 15) is 9.90 Å². The number of ether oxygens (including phenoxy) is 2. The van der Waals surface area contributed by atoms with Gasteiger partial charge in [0.05, 0.1) is 38.4 Å². The predicted molar refractivity (Wildman–Crippen MR) is 56.9 cm³/mol. The van der Waals surface area contributed by atoms with Crippen LogP contribution in [0.15, 0.2) is 0 Å². The molecule has 0 bridgehead atoms. The molecule has 2 aliphatic heterocycles. The van der Waals surface area contributed by atoms with Crippen LogP contribution in [0, 0.1) is 5.92 Å². The Balaban J connectivity index is 1.95. The van der Waals surface area contributed by atoms with Crippen LogP contribution in [-0.4, -0.2) is 61.5 Å². The molecule has 2 unspecified atom stereocenters. The summed E-state index contributed by atoms with van der Waals surface area (Å²) in [5, 5.41) is 9.20. The summed E-state index contributed by atoms with van der Waals surface area (Å²) < 4.78 is 10.6. The Bertz CT molecular complexity index is 240. The molecule has 2 heterocycles. The van der Waals surface area contributed by atoms with E-state index in [0.717, 1.165) is 19.4 Å². The second kappa shape index (κ2) is 5.61. The van der Waals surface area contributed by atoms with Gasteiger partial charge in [-0.05, 0) is 12.8 Å². The van der Waals surface area contributed by atoms with Gasteiger partial charge in [0.1, 0.15) is 0 Å². The number of morpholine rings is 1. The lowest BCUT2D eigenvalue weighted by Gasteiger charge is -2.37. The van der Waals surface area contributed by atoms with Crippen molar-refractivity contribution in [1.82, 2.24) is 4.90 Å². The summed E-state index contributed by atoms with van der Waals surface area (Å²) in [6.07, 6.45) is 1.85. The van der Waals surface area contributed by atoms with E-state index in [4.69, 9.17) is 9.47 Å². The second-order valence-corrected chi connectivity index (χ2v) is 4.36. The summed E-state index contributed by atoms with van der Waals surface area (Å²) in [5.74, 6) is 0.0861. The minimum Gasteiger partial charge on any atom is -0.394 e. The third-order valence-corrected chi connectivity index (χ3v) is 3.23. The number of hydrogen-bond acceptors (Lipinski definition) is 4. The number of aliphatic hydroxyl groups is 1. The molecule has 0 aliphatic carbocycles. The fraction of sp³-hybridized carbons (Fsp3) is 0.909. The Morgan fingerprint density at radius 1 is 1.31 bits per heavy atom. The van der Waals surface area contributed by atoms with Gasteiger partial charge in [0.25, 0.3) is 0 Å². The van der Waals surface area contributed by atoms with Crippen LogP contribution in [0.1, 0.15) is 12.8 Å². The molecule has 0 spiro atoms. The lowest BCUT2D eigenvalue weighted by molar-refractivity contribution is -0.150. The maximum Gasteiger partial charge on any atom is 0.228 e. The molecule has 0 saturated carbocycles. The van der Waals surface area contributed by atoms with Crippen LogP contribution in [0.25, 0.3) is 0 Å². The average molecular weight is 229 g/mol. The van der Waals surface area contributed by atoms with E-state index in [2.05, 4.69) is 0 Å². The zero-order chi connectivity index (χ0) is 11.4. The predicted octanol–water partition coefficient (Wildman–Crippen LogP) is -0.367. The van der Waals surface area contributed by atoms with Gasteiger partial charge in [0.2, 0.25) is 5.91 Å². The van der Waals surface area contributed by atoms with Crippen molar-refractivity contribution in [3.05, 3.63) is 0 Å². The summed E-state index contributed by atoms with van der Waals surface area (Å²) >= 11 is 0. The lowest BCUT2D eigenvalue weighted by Crippen LogP contribution is -2.53. The van der Waals surface area contributed by atoms with E-state index < -0.39 is 0 Å². The summed E-state index contributed by atoms with van der Waals surface area (Å²) in [7, 11) is 0. The molecule has 2 fully saturated rings. The molecule has 2 rings (SSSR count). The van der Waals surface area contributed by atoms with E-state index >= 15 is 0 Å². The van der Waals surface area contributed by atoms with Gasteiger partial charge in [-0.15, -0.1) is 0 Å². The van der Waals surface area contributed by atoms with Gasteiger partial charge in [-0.25, -0.2) is 0 Å². The molecule has 1 N–H and O–H groups in total. The Hall–Kier alpha value is -0.650. The first kappa shape index (κ1) is 11.8. The van der Waals surface area contributed by atoms with Crippen LogP contribution in [0.3, 0.4) is 0 Å². The Labute approximate surface area is 95.3 Å². The summed E-state index contributed by atoms with van der Waals surface area (Å²) in [6.45, 7) is 2.84. The highest BCUT2D eigenvalue weighted by Gasteiger charge is 2.32. The molecule has 2 saturated heterocycles. The average Bonchev–Trinajstić information content (AvgIpc) is 2.39. The molecular weight excluding hydrogens is 210 g/mol. The van der Waals surface area contributed by atoms with Gasteiger partial charge in [-0.1, -0.05) is 0 Å². The van der Waals surface area contributed by atoms with Crippen molar-refractivity contribution in [2.45, 2.75) is 18.9 Å². The Morgan fingerprint density at radius 3 is 2.81 bits per heavy atom. The number of nitrogens with zero attached hydrogens (tertiary/aromatic N) is 1. The van der Waals surface area contributed by atoms with E-state index in [-0.39, 0.29) is 24.5 Å². The first-order chi connectivity index (χ1) is 7.83. The number of hydrogen-bond donors (Lipinski definition) is 1. The highest BCUT2D eigenvalue weighted by atomic mass is 16.5. The largest absolute Gasteiger partial charge is 0.394 e. The van der Waals surface area contributed by atoms with Gasteiger partial charge < -0.3 is 19.5 Å². The minimum atomic E-state index is -0.178. The molecule has 2 atom stereocenters. The van der Waals surface area contributed by atoms with E-state index in [0.29, 0.717) is 26.4 Å². The quantitative estimate of drug-likeness (QED) is 0.702. The zero-order valence-corrected chi connectivity index (χ0v) is 9.43. The molecular formula is C11H19NO4. The maximum absolute atomic E-state index is 12.2. The van der Waals surface area contributed by atoms with Crippen molar-refractivity contribution < 1.29 is 19.4 Å². The van der Waals surface area contributed by atoms with Crippen molar-refractivity contribution in [2.24, 2.45) is 5.92 Å². The smallest absolute Gasteiger partial charge is 0.228 e. The van der Waals surface area contributed by atoms with Crippen LogP contribution < -0.4 is 0 Å². The minimum absolute atomic E-state index is 0.0269. The molecule has 0 aromatic carbocycles. The highest BCUT2D eigenvalue weighted by molar-refractivity contribution is 5.79. The fourth-order valence-corrected chi connectivity index (χ4v) is 2.27. The zero-order valence-electron chi connectivity index (χ0n) is 9.43. The Morgan fingerprint density at radius 2 is 2.12 bits per heavy atom. The summed E-state index contributed by atoms with van der Waals surface area (Å²) in [4.78, 5) is 14.0. The van der Waals surface area contributed by atoms with Gasteiger partial charge in [0, 0.05) is 13.2 Å². The topological polar surface area (TPSA) is 59.0 Å². The van der Waals surface area contributed by atoms with Crippen molar-refractivity contribution in [3.63, 3.8) is 0 Å². The van der Waals surface area contributed by atoms with E-state index in [1.807, 2.05) is 0 Å². The lowest BCUT2D eigenvalue weighted by atomic mass is 9.99. The number of aliphatic hydroxyl groups excluding tert-OH is 1. The highest BCUT2D eigenvalue weighted by Crippen LogP contribution is 2.19. The molecule has 2 aliphatic rings. The van der Waals surface area contributed by atoms with E-state index in [1.54, 1.807) is 4.90 Å².